The van der Waals surface area contributed by atoms with Crippen LogP contribution in [0.2, 0.25) is 5.02 Å². The van der Waals surface area contributed by atoms with Crippen molar-refractivity contribution < 1.29 is 9.59 Å². The van der Waals surface area contributed by atoms with Gasteiger partial charge in [0.15, 0.2) is 11.0 Å². The molecule has 1 heterocycles. The Balaban J connectivity index is 1.74. The number of amides is 2. The molecular weight excluding hydrogens is 458 g/mol. The lowest BCUT2D eigenvalue weighted by atomic mass is 10.0. The molecule has 1 aromatic heterocycles. The molecule has 3 rings (SSSR count). The Bertz CT molecular complexity index is 1090. The van der Waals surface area contributed by atoms with Gasteiger partial charge in [-0.25, -0.2) is 0 Å². The quantitative estimate of drug-likeness (QED) is 0.385. The second-order valence-corrected chi connectivity index (χ2v) is 9.27. The summed E-state index contributed by atoms with van der Waals surface area (Å²) in [6, 6.07) is 15.9. The van der Waals surface area contributed by atoms with Gasteiger partial charge in [0.05, 0.1) is 22.4 Å². The number of anilines is 1. The van der Waals surface area contributed by atoms with Crippen LogP contribution in [-0.2, 0) is 11.3 Å². The van der Waals surface area contributed by atoms with Gasteiger partial charge >= 0.3 is 0 Å². The van der Waals surface area contributed by atoms with E-state index in [1.165, 1.54) is 11.8 Å². The number of carbonyl (C=O) groups is 2. The molecule has 2 N–H and O–H groups in total. The van der Waals surface area contributed by atoms with E-state index in [4.69, 9.17) is 11.6 Å². The van der Waals surface area contributed by atoms with Gasteiger partial charge in [-0.15, -0.1) is 10.2 Å². The molecule has 0 saturated heterocycles. The average Bonchev–Trinajstić information content (AvgIpc) is 3.21. The fraction of sp³-hybridized carbons (Fsp3) is 0.333. The molecule has 0 aliphatic carbocycles. The highest BCUT2D eigenvalue weighted by Gasteiger charge is 2.25. The largest absolute Gasteiger partial charge is 0.342 e. The van der Waals surface area contributed by atoms with Gasteiger partial charge in [-0.05, 0) is 43.5 Å². The van der Waals surface area contributed by atoms with Crippen LogP contribution in [0.1, 0.15) is 49.4 Å². The third-order valence-electron chi connectivity index (χ3n) is 4.89. The third-order valence-corrected chi connectivity index (χ3v) is 6.19. The van der Waals surface area contributed by atoms with Gasteiger partial charge in [-0.2, -0.15) is 0 Å². The number of nitrogens with zero attached hydrogens (tertiary/aromatic N) is 3. The number of para-hydroxylation sites is 1. The monoisotopic (exact) mass is 485 g/mol. The second-order valence-electron chi connectivity index (χ2n) is 7.92. The zero-order valence-corrected chi connectivity index (χ0v) is 20.5. The minimum atomic E-state index is -0.339. The summed E-state index contributed by atoms with van der Waals surface area (Å²) < 4.78 is 1.94. The Hall–Kier alpha value is -2.84. The number of benzene rings is 2. The highest BCUT2D eigenvalue weighted by atomic mass is 35.5. The Labute approximate surface area is 203 Å². The van der Waals surface area contributed by atoms with Crippen molar-refractivity contribution in [2.24, 2.45) is 5.92 Å². The molecule has 2 amide bonds. The lowest BCUT2D eigenvalue weighted by Gasteiger charge is -2.21. The summed E-state index contributed by atoms with van der Waals surface area (Å²) >= 11 is 7.53. The number of carbonyl (C=O) groups excluding carboxylic acids is 2. The predicted octanol–water partition coefficient (Wildman–Crippen LogP) is 5.20. The smallest absolute Gasteiger partial charge is 0.253 e. The van der Waals surface area contributed by atoms with Gasteiger partial charge in [0.1, 0.15) is 0 Å². The third kappa shape index (κ3) is 6.82. The second kappa shape index (κ2) is 11.9. The first kappa shape index (κ1) is 24.8. The molecule has 0 aliphatic rings. The standard InChI is InChI=1S/C24H28ClN5O2S/c1-4-30-22(20(14-16(2)3)27-23(32)18-12-8-9-13-19(18)25)28-29-24(30)33-15-21(31)26-17-10-6-5-7-11-17/h5-13,16,20H,4,14-15H2,1-3H3,(H,26,31)(H,27,32)/t20-/m1/s1. The van der Waals surface area contributed by atoms with Crippen LogP contribution in [-0.4, -0.2) is 32.3 Å². The van der Waals surface area contributed by atoms with Crippen molar-refractivity contribution >= 4 is 40.9 Å². The number of rotatable bonds is 10. The number of aromatic nitrogens is 3. The number of halogens is 1. The molecule has 3 aromatic rings. The zero-order valence-electron chi connectivity index (χ0n) is 18.9. The van der Waals surface area contributed by atoms with Crippen molar-refractivity contribution in [3.8, 4) is 0 Å². The molecule has 0 fully saturated rings. The van der Waals surface area contributed by atoms with Crippen LogP contribution in [0.3, 0.4) is 0 Å². The average molecular weight is 486 g/mol. The van der Waals surface area contributed by atoms with Crippen molar-refractivity contribution in [2.75, 3.05) is 11.1 Å². The van der Waals surface area contributed by atoms with E-state index in [0.29, 0.717) is 40.5 Å². The van der Waals surface area contributed by atoms with Gasteiger partial charge in [-0.3, -0.25) is 9.59 Å². The van der Waals surface area contributed by atoms with Crippen molar-refractivity contribution in [2.45, 2.75) is 44.9 Å². The van der Waals surface area contributed by atoms with Gasteiger partial charge in [0.25, 0.3) is 5.91 Å². The van der Waals surface area contributed by atoms with Crippen LogP contribution in [0.4, 0.5) is 5.69 Å². The van der Waals surface area contributed by atoms with Gasteiger partial charge in [-0.1, -0.05) is 67.5 Å². The SMILES string of the molecule is CCn1c(SCC(=O)Nc2ccccc2)nnc1[C@@H](CC(C)C)NC(=O)c1ccccc1Cl. The molecule has 174 valence electrons. The summed E-state index contributed by atoms with van der Waals surface area (Å²) in [5.74, 6) is 0.805. The van der Waals surface area contributed by atoms with Gasteiger partial charge in [0.2, 0.25) is 5.91 Å². The lowest BCUT2D eigenvalue weighted by molar-refractivity contribution is -0.113. The lowest BCUT2D eigenvalue weighted by Crippen LogP contribution is -2.31. The predicted molar refractivity (Wildman–Crippen MR) is 133 cm³/mol. The summed E-state index contributed by atoms with van der Waals surface area (Å²) in [7, 11) is 0. The van der Waals surface area contributed by atoms with Crippen molar-refractivity contribution in [1.82, 2.24) is 20.1 Å². The minimum Gasteiger partial charge on any atom is -0.342 e. The first-order valence-corrected chi connectivity index (χ1v) is 12.2. The molecule has 2 aromatic carbocycles. The van der Waals surface area contributed by atoms with Crippen molar-refractivity contribution in [1.29, 1.82) is 0 Å². The maximum atomic E-state index is 12.9. The van der Waals surface area contributed by atoms with E-state index in [0.717, 1.165) is 5.69 Å². The van der Waals surface area contributed by atoms with Crippen LogP contribution < -0.4 is 10.6 Å². The molecular formula is C24H28ClN5O2S. The summed E-state index contributed by atoms with van der Waals surface area (Å²) in [6.07, 6.45) is 0.688. The summed E-state index contributed by atoms with van der Waals surface area (Å²) in [5, 5.41) is 15.7. The number of thioether (sulfide) groups is 1. The molecule has 0 aliphatic heterocycles. The minimum absolute atomic E-state index is 0.121. The van der Waals surface area contributed by atoms with E-state index in [2.05, 4.69) is 34.7 Å². The Morgan fingerprint density at radius 3 is 2.42 bits per heavy atom. The summed E-state index contributed by atoms with van der Waals surface area (Å²) in [5.41, 5.74) is 1.17. The van der Waals surface area contributed by atoms with Crippen molar-refractivity contribution in [3.63, 3.8) is 0 Å². The van der Waals surface area contributed by atoms with E-state index < -0.39 is 0 Å². The molecule has 0 radical (unpaired) electrons. The number of hydrogen-bond acceptors (Lipinski definition) is 5. The molecule has 1 atom stereocenters. The van der Waals surface area contributed by atoms with E-state index in [9.17, 15) is 9.59 Å². The number of hydrogen-bond donors (Lipinski definition) is 2. The van der Waals surface area contributed by atoms with E-state index >= 15 is 0 Å². The fourth-order valence-electron chi connectivity index (χ4n) is 3.39. The molecule has 0 saturated carbocycles. The van der Waals surface area contributed by atoms with Crippen LogP contribution in [0.25, 0.3) is 0 Å². The summed E-state index contributed by atoms with van der Waals surface area (Å²) in [4.78, 5) is 25.3. The van der Waals surface area contributed by atoms with Crippen molar-refractivity contribution in [3.05, 3.63) is 71.0 Å². The van der Waals surface area contributed by atoms with Gasteiger partial charge < -0.3 is 15.2 Å². The Kier molecular flexibility index (Phi) is 8.91. The Morgan fingerprint density at radius 2 is 1.76 bits per heavy atom. The molecule has 9 heteroatoms. The first-order valence-electron chi connectivity index (χ1n) is 10.8. The van der Waals surface area contributed by atoms with Crippen LogP contribution in [0.15, 0.2) is 59.8 Å². The molecule has 0 spiro atoms. The summed E-state index contributed by atoms with van der Waals surface area (Å²) in [6.45, 7) is 6.78. The zero-order chi connectivity index (χ0) is 23.8. The first-order chi connectivity index (χ1) is 15.9. The van der Waals surface area contributed by atoms with Crippen LogP contribution in [0.5, 0.6) is 0 Å². The maximum Gasteiger partial charge on any atom is 0.253 e. The van der Waals surface area contributed by atoms with Gasteiger partial charge in [0, 0.05) is 12.2 Å². The number of nitrogens with one attached hydrogen (secondary N) is 2. The molecule has 7 nitrogen and oxygen atoms in total. The van der Waals surface area contributed by atoms with E-state index in [1.807, 2.05) is 41.8 Å². The van der Waals surface area contributed by atoms with E-state index in [-0.39, 0.29) is 23.6 Å². The normalized spacial score (nSPS) is 11.9. The van der Waals surface area contributed by atoms with E-state index in [1.54, 1.807) is 24.3 Å². The van der Waals surface area contributed by atoms with Crippen LogP contribution >= 0.6 is 23.4 Å². The Morgan fingerprint density at radius 1 is 1.06 bits per heavy atom. The molecule has 0 unspecified atom stereocenters. The molecule has 0 bridgehead atoms. The highest BCUT2D eigenvalue weighted by molar-refractivity contribution is 7.99. The maximum absolute atomic E-state index is 12.9. The topological polar surface area (TPSA) is 88.9 Å². The van der Waals surface area contributed by atoms with Crippen LogP contribution in [0, 0.1) is 5.92 Å². The molecule has 33 heavy (non-hydrogen) atoms. The fourth-order valence-corrected chi connectivity index (χ4v) is 4.42. The highest BCUT2D eigenvalue weighted by Crippen LogP contribution is 2.26.